The van der Waals surface area contributed by atoms with E-state index in [0.717, 1.165) is 5.56 Å². The van der Waals surface area contributed by atoms with Gasteiger partial charge in [-0.15, -0.1) is 0 Å². The molecule has 0 fully saturated rings. The third-order valence-electron chi connectivity index (χ3n) is 4.18. The Balaban J connectivity index is 1.94. The van der Waals surface area contributed by atoms with Crippen molar-refractivity contribution < 1.29 is 19.2 Å². The van der Waals surface area contributed by atoms with Gasteiger partial charge in [-0.25, -0.2) is 5.43 Å². The molecule has 10 heteroatoms. The van der Waals surface area contributed by atoms with Crippen LogP contribution in [0.3, 0.4) is 0 Å². The Bertz CT molecular complexity index is 993. The number of aryl methyl sites for hydroxylation is 1. The van der Waals surface area contributed by atoms with Gasteiger partial charge in [0.2, 0.25) is 0 Å². The molecule has 0 radical (unpaired) electrons. The number of benzene rings is 2. The standard InChI is InChI=1S/C21H23BrN4O5/c1-13(2)20(24-19(27)12-31-16-6-4-5-14(3)9-16)21(28)25-23-11-15-7-8-17(22)18(10-15)26(29)30/h4-11,13,20H,12H2,1-3H3,(H,24,27)(H,25,28). The Kier molecular flexibility index (Phi) is 8.68. The molecule has 0 saturated heterocycles. The Labute approximate surface area is 188 Å². The summed E-state index contributed by atoms with van der Waals surface area (Å²) in [6.45, 7) is 5.26. The number of hydrazone groups is 1. The van der Waals surface area contributed by atoms with Crippen LogP contribution >= 0.6 is 15.9 Å². The van der Waals surface area contributed by atoms with Crippen molar-refractivity contribution in [1.29, 1.82) is 0 Å². The van der Waals surface area contributed by atoms with E-state index < -0.39 is 22.8 Å². The van der Waals surface area contributed by atoms with E-state index in [1.165, 1.54) is 18.3 Å². The largest absolute Gasteiger partial charge is 0.484 e. The zero-order valence-corrected chi connectivity index (χ0v) is 18.9. The van der Waals surface area contributed by atoms with Crippen LogP contribution in [0, 0.1) is 23.0 Å². The minimum atomic E-state index is -0.829. The van der Waals surface area contributed by atoms with Crippen LogP contribution in [0.5, 0.6) is 5.75 Å². The molecule has 1 atom stereocenters. The highest BCUT2D eigenvalue weighted by atomic mass is 79.9. The van der Waals surface area contributed by atoms with Crippen molar-refractivity contribution in [3.8, 4) is 5.75 Å². The quantitative estimate of drug-likeness (QED) is 0.317. The molecular formula is C21H23BrN4O5. The normalized spacial score (nSPS) is 11.9. The first-order valence-electron chi connectivity index (χ1n) is 9.43. The summed E-state index contributed by atoms with van der Waals surface area (Å²) in [5, 5.41) is 17.5. The van der Waals surface area contributed by atoms with Crippen molar-refractivity contribution in [2.75, 3.05) is 6.61 Å². The van der Waals surface area contributed by atoms with Crippen LogP contribution in [0.25, 0.3) is 0 Å². The molecule has 0 spiro atoms. The van der Waals surface area contributed by atoms with E-state index in [9.17, 15) is 19.7 Å². The summed E-state index contributed by atoms with van der Waals surface area (Å²) in [4.78, 5) is 35.2. The van der Waals surface area contributed by atoms with Crippen LogP contribution in [0.2, 0.25) is 0 Å². The molecule has 2 aromatic carbocycles. The molecule has 2 aromatic rings. The highest BCUT2D eigenvalue weighted by Gasteiger charge is 2.24. The Hall–Kier alpha value is -3.27. The average Bonchev–Trinajstić information content (AvgIpc) is 2.71. The molecule has 164 valence electrons. The van der Waals surface area contributed by atoms with Crippen LogP contribution in [-0.2, 0) is 9.59 Å². The molecule has 31 heavy (non-hydrogen) atoms. The number of carbonyl (C=O) groups is 2. The van der Waals surface area contributed by atoms with Crippen LogP contribution in [0.1, 0.15) is 25.0 Å². The lowest BCUT2D eigenvalue weighted by molar-refractivity contribution is -0.385. The number of carbonyl (C=O) groups excluding carboxylic acids is 2. The fourth-order valence-electron chi connectivity index (χ4n) is 2.59. The van der Waals surface area contributed by atoms with E-state index in [4.69, 9.17) is 4.74 Å². The molecule has 9 nitrogen and oxygen atoms in total. The molecule has 0 aliphatic rings. The molecular weight excluding hydrogens is 468 g/mol. The van der Waals surface area contributed by atoms with Gasteiger partial charge >= 0.3 is 0 Å². The molecule has 0 aliphatic carbocycles. The van der Waals surface area contributed by atoms with E-state index in [-0.39, 0.29) is 18.2 Å². The number of amides is 2. The monoisotopic (exact) mass is 490 g/mol. The van der Waals surface area contributed by atoms with Gasteiger partial charge in [-0.3, -0.25) is 19.7 Å². The Morgan fingerprint density at radius 2 is 2.00 bits per heavy atom. The smallest absolute Gasteiger partial charge is 0.284 e. The highest BCUT2D eigenvalue weighted by Crippen LogP contribution is 2.24. The SMILES string of the molecule is Cc1cccc(OCC(=O)NC(C(=O)NN=Cc2ccc(Br)c([N+](=O)[O-])c2)C(C)C)c1. The average molecular weight is 491 g/mol. The van der Waals surface area contributed by atoms with Crippen LogP contribution < -0.4 is 15.5 Å². The summed E-state index contributed by atoms with van der Waals surface area (Å²) >= 11 is 3.10. The van der Waals surface area contributed by atoms with Gasteiger partial charge in [-0.05, 0) is 52.5 Å². The van der Waals surface area contributed by atoms with Crippen molar-refractivity contribution in [1.82, 2.24) is 10.7 Å². The first kappa shape index (κ1) is 24.0. The number of nitrogens with zero attached hydrogens (tertiary/aromatic N) is 2. The maximum atomic E-state index is 12.5. The lowest BCUT2D eigenvalue weighted by Crippen LogP contribution is -2.49. The third-order valence-corrected chi connectivity index (χ3v) is 4.85. The number of nitro benzene ring substituents is 1. The molecule has 1 unspecified atom stereocenters. The molecule has 0 bridgehead atoms. The van der Waals surface area contributed by atoms with Gasteiger partial charge in [0.05, 0.1) is 15.6 Å². The summed E-state index contributed by atoms with van der Waals surface area (Å²) in [5.41, 5.74) is 3.68. The second kappa shape index (κ2) is 11.2. The zero-order chi connectivity index (χ0) is 23.0. The van der Waals surface area contributed by atoms with Crippen LogP contribution in [0.15, 0.2) is 52.0 Å². The fraction of sp³-hybridized carbons (Fsp3) is 0.286. The fourth-order valence-corrected chi connectivity index (χ4v) is 2.99. The van der Waals surface area contributed by atoms with Crippen molar-refractivity contribution in [2.45, 2.75) is 26.8 Å². The Morgan fingerprint density at radius 3 is 2.65 bits per heavy atom. The van der Waals surface area contributed by atoms with E-state index in [1.807, 2.05) is 19.1 Å². The summed E-state index contributed by atoms with van der Waals surface area (Å²) in [6.07, 6.45) is 1.29. The van der Waals surface area contributed by atoms with Crippen LogP contribution in [-0.4, -0.2) is 35.6 Å². The van der Waals surface area contributed by atoms with E-state index in [2.05, 4.69) is 31.8 Å². The highest BCUT2D eigenvalue weighted by molar-refractivity contribution is 9.10. The molecule has 0 heterocycles. The van der Waals surface area contributed by atoms with Gasteiger partial charge in [0.25, 0.3) is 17.5 Å². The number of hydrogen-bond acceptors (Lipinski definition) is 6. The summed E-state index contributed by atoms with van der Waals surface area (Å²) in [5.74, 6) is -0.592. The number of rotatable bonds is 9. The first-order valence-corrected chi connectivity index (χ1v) is 10.2. The second-order valence-corrected chi connectivity index (χ2v) is 7.95. The molecule has 2 amide bonds. The van der Waals surface area contributed by atoms with E-state index in [0.29, 0.717) is 15.8 Å². The number of nitro groups is 1. The number of halogens is 1. The maximum Gasteiger partial charge on any atom is 0.284 e. The second-order valence-electron chi connectivity index (χ2n) is 7.10. The van der Waals surface area contributed by atoms with Crippen molar-refractivity contribution in [3.63, 3.8) is 0 Å². The third kappa shape index (κ3) is 7.49. The lowest BCUT2D eigenvalue weighted by atomic mass is 10.0. The molecule has 0 saturated carbocycles. The molecule has 0 aliphatic heterocycles. The van der Waals surface area contributed by atoms with Gasteiger partial charge in [-0.2, -0.15) is 5.10 Å². The van der Waals surface area contributed by atoms with Crippen LogP contribution in [0.4, 0.5) is 5.69 Å². The Morgan fingerprint density at radius 1 is 1.26 bits per heavy atom. The van der Waals surface area contributed by atoms with Gasteiger partial charge in [0.15, 0.2) is 6.61 Å². The van der Waals surface area contributed by atoms with E-state index >= 15 is 0 Å². The van der Waals surface area contributed by atoms with Crippen molar-refractivity contribution in [3.05, 3.63) is 68.2 Å². The summed E-state index contributed by atoms with van der Waals surface area (Å²) in [7, 11) is 0. The van der Waals surface area contributed by atoms with Gasteiger partial charge in [-0.1, -0.05) is 32.0 Å². The maximum absolute atomic E-state index is 12.5. The lowest BCUT2D eigenvalue weighted by Gasteiger charge is -2.20. The molecule has 2 N–H and O–H groups in total. The molecule has 0 aromatic heterocycles. The number of nitrogens with one attached hydrogen (secondary N) is 2. The predicted molar refractivity (Wildman–Crippen MR) is 120 cm³/mol. The van der Waals surface area contributed by atoms with E-state index in [1.54, 1.807) is 32.0 Å². The van der Waals surface area contributed by atoms with Gasteiger partial charge in [0.1, 0.15) is 11.8 Å². The topological polar surface area (TPSA) is 123 Å². The number of hydrogen-bond donors (Lipinski definition) is 2. The molecule has 2 rings (SSSR count). The van der Waals surface area contributed by atoms with Gasteiger partial charge < -0.3 is 10.1 Å². The van der Waals surface area contributed by atoms with Crippen molar-refractivity contribution >= 4 is 39.6 Å². The van der Waals surface area contributed by atoms with Crippen molar-refractivity contribution in [2.24, 2.45) is 11.0 Å². The minimum Gasteiger partial charge on any atom is -0.484 e. The zero-order valence-electron chi connectivity index (χ0n) is 17.3. The minimum absolute atomic E-state index is 0.115. The number of ether oxygens (including phenoxy) is 1. The predicted octanol–water partition coefficient (Wildman–Crippen LogP) is 3.34. The first-order chi connectivity index (χ1) is 14.7. The van der Waals surface area contributed by atoms with Gasteiger partial charge in [0, 0.05) is 11.6 Å². The summed E-state index contributed by atoms with van der Waals surface area (Å²) in [6, 6.07) is 10.9. The summed E-state index contributed by atoms with van der Waals surface area (Å²) < 4.78 is 5.80.